The maximum absolute atomic E-state index is 12.5. The Morgan fingerprint density at radius 1 is 1.25 bits per heavy atom. The summed E-state index contributed by atoms with van der Waals surface area (Å²) in [7, 11) is 0. The molecule has 0 unspecified atom stereocenters. The number of nitrogens with one attached hydrogen (secondary N) is 1. The zero-order valence-corrected chi connectivity index (χ0v) is 14.9. The topological polar surface area (TPSA) is 85.2 Å². The number of carbonyl (C=O) groups excluding carboxylic acids is 1. The largest absolute Gasteiger partial charge is 0.338 e. The van der Waals surface area contributed by atoms with Gasteiger partial charge in [0.25, 0.3) is 0 Å². The van der Waals surface area contributed by atoms with Crippen LogP contribution in [0.1, 0.15) is 27.7 Å². The normalized spacial score (nSPS) is 19.4. The number of anilines is 1. The number of rotatable bonds is 5. The van der Waals surface area contributed by atoms with Crippen molar-refractivity contribution in [1.82, 2.24) is 20.2 Å². The van der Waals surface area contributed by atoms with Crippen molar-refractivity contribution >= 4 is 11.9 Å². The van der Waals surface area contributed by atoms with Crippen LogP contribution in [0, 0.1) is 17.2 Å². The molecule has 2 atom stereocenters. The van der Waals surface area contributed by atoms with Crippen LogP contribution in [-0.4, -0.2) is 58.5 Å². The van der Waals surface area contributed by atoms with Gasteiger partial charge in [0.2, 0.25) is 11.9 Å². The number of hydrogen-bond acceptors (Lipinski definition) is 6. The third-order valence-corrected chi connectivity index (χ3v) is 4.85. The first-order chi connectivity index (χ1) is 11.4. The van der Waals surface area contributed by atoms with E-state index in [1.54, 1.807) is 25.4 Å². The van der Waals surface area contributed by atoms with Crippen LogP contribution >= 0.6 is 0 Å². The summed E-state index contributed by atoms with van der Waals surface area (Å²) in [6.07, 6.45) is 3.47. The van der Waals surface area contributed by atoms with Crippen LogP contribution in [-0.2, 0) is 4.79 Å². The van der Waals surface area contributed by atoms with Gasteiger partial charge in [0.05, 0.1) is 12.1 Å². The van der Waals surface area contributed by atoms with E-state index >= 15 is 0 Å². The summed E-state index contributed by atoms with van der Waals surface area (Å²) in [5.74, 6) is 0.675. The lowest BCUT2D eigenvalue weighted by molar-refractivity contribution is -0.127. The predicted octanol–water partition coefficient (Wildman–Crippen LogP) is 1.04. The van der Waals surface area contributed by atoms with Crippen molar-refractivity contribution < 1.29 is 4.79 Å². The number of aromatic nitrogens is 2. The highest BCUT2D eigenvalue weighted by Gasteiger charge is 2.34. The van der Waals surface area contributed by atoms with Gasteiger partial charge in [-0.25, -0.2) is 9.97 Å². The highest BCUT2D eigenvalue weighted by atomic mass is 16.2. The van der Waals surface area contributed by atoms with Gasteiger partial charge in [0, 0.05) is 38.6 Å². The summed E-state index contributed by atoms with van der Waals surface area (Å²) in [5.41, 5.74) is -0.842. The summed E-state index contributed by atoms with van der Waals surface area (Å²) in [4.78, 5) is 25.3. The quantitative estimate of drug-likeness (QED) is 0.868. The van der Waals surface area contributed by atoms with Crippen LogP contribution in [0.5, 0.6) is 0 Å². The minimum atomic E-state index is -0.842. The molecule has 1 N–H and O–H groups in total. The van der Waals surface area contributed by atoms with E-state index in [9.17, 15) is 10.1 Å². The fourth-order valence-corrected chi connectivity index (χ4v) is 2.59. The molecule has 0 radical (unpaired) electrons. The highest BCUT2D eigenvalue weighted by Crippen LogP contribution is 2.17. The van der Waals surface area contributed by atoms with Gasteiger partial charge in [-0.05, 0) is 25.8 Å². The van der Waals surface area contributed by atoms with Crippen molar-refractivity contribution in [3.05, 3.63) is 18.5 Å². The first kappa shape index (κ1) is 18.1. The van der Waals surface area contributed by atoms with Crippen molar-refractivity contribution in [2.75, 3.05) is 31.1 Å². The zero-order chi connectivity index (χ0) is 17.7. The Morgan fingerprint density at radius 3 is 2.33 bits per heavy atom. The van der Waals surface area contributed by atoms with E-state index in [1.807, 2.05) is 20.8 Å². The Balaban J connectivity index is 1.92. The molecule has 2 rings (SSSR count). The smallest absolute Gasteiger partial charge is 0.238 e. The molecule has 2 heterocycles. The monoisotopic (exact) mass is 330 g/mol. The lowest BCUT2D eigenvalue weighted by Gasteiger charge is -2.38. The van der Waals surface area contributed by atoms with E-state index in [0.717, 1.165) is 32.1 Å². The molecule has 1 fully saturated rings. The van der Waals surface area contributed by atoms with E-state index in [1.165, 1.54) is 0 Å². The van der Waals surface area contributed by atoms with Crippen molar-refractivity contribution in [1.29, 1.82) is 5.26 Å². The van der Waals surface area contributed by atoms with Crippen molar-refractivity contribution in [3.8, 4) is 6.07 Å². The Morgan fingerprint density at radius 2 is 1.83 bits per heavy atom. The molecule has 0 aromatic carbocycles. The fourth-order valence-electron chi connectivity index (χ4n) is 2.59. The van der Waals surface area contributed by atoms with Crippen LogP contribution in [0.25, 0.3) is 0 Å². The molecule has 7 nitrogen and oxygen atoms in total. The van der Waals surface area contributed by atoms with Crippen LogP contribution in [0.4, 0.5) is 5.95 Å². The molecule has 0 aliphatic carbocycles. The summed E-state index contributed by atoms with van der Waals surface area (Å²) < 4.78 is 0. The van der Waals surface area contributed by atoms with Gasteiger partial charge >= 0.3 is 0 Å². The number of nitrogens with zero attached hydrogens (tertiary/aromatic N) is 5. The van der Waals surface area contributed by atoms with Crippen molar-refractivity contribution in [2.45, 2.75) is 39.3 Å². The van der Waals surface area contributed by atoms with Crippen molar-refractivity contribution in [2.24, 2.45) is 5.92 Å². The molecule has 1 aliphatic heterocycles. The van der Waals surface area contributed by atoms with Gasteiger partial charge in [0.15, 0.2) is 0 Å². The molecule has 1 amide bonds. The Labute approximate surface area is 143 Å². The average Bonchev–Trinajstić information content (AvgIpc) is 2.61. The number of carbonyl (C=O) groups is 1. The van der Waals surface area contributed by atoms with E-state index in [-0.39, 0.29) is 17.9 Å². The van der Waals surface area contributed by atoms with Crippen LogP contribution in [0.15, 0.2) is 18.5 Å². The second-order valence-electron chi connectivity index (χ2n) is 6.71. The Hall–Kier alpha value is -2.20. The standard InChI is InChI=1S/C17H26N6O/c1-13(2)17(4,12-18)21-15(24)14(3)22-8-10-23(11-9-22)16-19-6-5-7-20-16/h5-7,13-14H,8-11H2,1-4H3,(H,21,24)/t14-,17+/m1/s1. The maximum Gasteiger partial charge on any atom is 0.238 e. The van der Waals surface area contributed by atoms with Gasteiger partial charge in [-0.2, -0.15) is 5.26 Å². The average molecular weight is 330 g/mol. The summed E-state index contributed by atoms with van der Waals surface area (Å²) in [5, 5.41) is 12.3. The first-order valence-corrected chi connectivity index (χ1v) is 8.36. The second-order valence-corrected chi connectivity index (χ2v) is 6.71. The molecule has 130 valence electrons. The molecular weight excluding hydrogens is 304 g/mol. The summed E-state index contributed by atoms with van der Waals surface area (Å²) in [6.45, 7) is 10.6. The van der Waals surface area contributed by atoms with Gasteiger partial charge in [-0.3, -0.25) is 9.69 Å². The number of nitriles is 1. The Bertz CT molecular complexity index is 591. The van der Waals surface area contributed by atoms with Gasteiger partial charge in [0.1, 0.15) is 5.54 Å². The predicted molar refractivity (Wildman–Crippen MR) is 92.3 cm³/mol. The minimum Gasteiger partial charge on any atom is -0.338 e. The molecule has 0 bridgehead atoms. The lowest BCUT2D eigenvalue weighted by Crippen LogP contribution is -2.58. The Kier molecular flexibility index (Phi) is 5.73. The molecule has 0 saturated carbocycles. The molecule has 1 aromatic rings. The zero-order valence-electron chi connectivity index (χ0n) is 14.9. The maximum atomic E-state index is 12.5. The van der Waals surface area contributed by atoms with E-state index in [4.69, 9.17) is 0 Å². The van der Waals surface area contributed by atoms with Gasteiger partial charge in [-0.1, -0.05) is 13.8 Å². The second kappa shape index (κ2) is 7.58. The van der Waals surface area contributed by atoms with E-state index < -0.39 is 5.54 Å². The molecular formula is C17H26N6O. The molecule has 24 heavy (non-hydrogen) atoms. The van der Waals surface area contributed by atoms with Crippen LogP contribution < -0.4 is 10.2 Å². The first-order valence-electron chi connectivity index (χ1n) is 8.36. The molecule has 0 spiro atoms. The molecule has 1 aliphatic rings. The summed E-state index contributed by atoms with van der Waals surface area (Å²) in [6, 6.07) is 3.75. The number of amides is 1. The van der Waals surface area contributed by atoms with Crippen molar-refractivity contribution in [3.63, 3.8) is 0 Å². The van der Waals surface area contributed by atoms with E-state index in [2.05, 4.69) is 31.2 Å². The molecule has 1 aromatic heterocycles. The number of piperazine rings is 1. The third-order valence-electron chi connectivity index (χ3n) is 4.85. The molecule has 1 saturated heterocycles. The number of hydrogen-bond donors (Lipinski definition) is 1. The van der Waals surface area contributed by atoms with Gasteiger partial charge in [-0.15, -0.1) is 0 Å². The van der Waals surface area contributed by atoms with Crippen LogP contribution in [0.3, 0.4) is 0 Å². The van der Waals surface area contributed by atoms with Crippen LogP contribution in [0.2, 0.25) is 0 Å². The van der Waals surface area contributed by atoms with E-state index in [0.29, 0.717) is 0 Å². The lowest BCUT2D eigenvalue weighted by atomic mass is 9.89. The highest BCUT2D eigenvalue weighted by molar-refractivity contribution is 5.82. The molecule has 7 heteroatoms. The minimum absolute atomic E-state index is 0.0470. The fraction of sp³-hybridized carbons (Fsp3) is 0.647. The SMILES string of the molecule is CC(C)[C@](C)(C#N)NC(=O)[C@@H](C)N1CCN(c2ncccn2)CC1. The summed E-state index contributed by atoms with van der Waals surface area (Å²) >= 11 is 0. The van der Waals surface area contributed by atoms with Gasteiger partial charge < -0.3 is 10.2 Å². The third kappa shape index (κ3) is 4.01.